The predicted molar refractivity (Wildman–Crippen MR) is 157 cm³/mol. The van der Waals surface area contributed by atoms with Crippen LogP contribution in [0.4, 0.5) is 0 Å². The van der Waals surface area contributed by atoms with Crippen molar-refractivity contribution in [1.29, 1.82) is 0 Å². The lowest BCUT2D eigenvalue weighted by Gasteiger charge is -2.19. The monoisotopic (exact) mass is 574 g/mol. The summed E-state index contributed by atoms with van der Waals surface area (Å²) in [6, 6.07) is 13.1. The largest absolute Gasteiger partial charge is 0.380 e. The number of benzene rings is 2. The van der Waals surface area contributed by atoms with Gasteiger partial charge in [0.1, 0.15) is 0 Å². The maximum Gasteiger partial charge on any atom is 0.272 e. The molecule has 1 saturated heterocycles. The predicted octanol–water partition coefficient (Wildman–Crippen LogP) is 6.18. The summed E-state index contributed by atoms with van der Waals surface area (Å²) in [6.07, 6.45) is 1.33. The third-order valence-corrected chi connectivity index (χ3v) is 6.77. The van der Waals surface area contributed by atoms with Crippen molar-refractivity contribution >= 4 is 41.5 Å². The van der Waals surface area contributed by atoms with Gasteiger partial charge in [0.05, 0.1) is 29.1 Å². The summed E-state index contributed by atoms with van der Waals surface area (Å²) in [5.41, 5.74) is 3.84. The summed E-state index contributed by atoms with van der Waals surface area (Å²) >= 11 is 12.9. The van der Waals surface area contributed by atoms with E-state index >= 15 is 0 Å². The second-order valence-electron chi connectivity index (χ2n) is 10.3. The molecule has 9 heteroatoms. The Hall–Kier alpha value is -2.53. The fourth-order valence-corrected chi connectivity index (χ4v) is 4.76. The molecule has 2 aromatic carbocycles. The minimum Gasteiger partial charge on any atom is -0.380 e. The van der Waals surface area contributed by atoms with Crippen molar-refractivity contribution in [1.82, 2.24) is 20.0 Å². The molecular formula is C29H33Cl3N4O2. The summed E-state index contributed by atoms with van der Waals surface area (Å²) in [5, 5.41) is 8.85. The van der Waals surface area contributed by atoms with Crippen LogP contribution < -0.4 is 5.32 Å². The van der Waals surface area contributed by atoms with Gasteiger partial charge in [-0.05, 0) is 64.4 Å². The first-order valence-electron chi connectivity index (χ1n) is 12.3. The normalized spacial score (nSPS) is 15.5. The van der Waals surface area contributed by atoms with Crippen molar-refractivity contribution in [3.05, 3.63) is 69.3 Å². The van der Waals surface area contributed by atoms with Crippen molar-refractivity contribution < 1.29 is 9.53 Å². The SMILES string of the molecule is CO[C@@H]1CCN(CC#Cc2ccc(-n3nc(C(=O)NC(C)(C)C)c(C)c3-c3ccc(Cl)cc3)c(Cl)c2)C1.Cl. The van der Waals surface area contributed by atoms with Crippen LogP contribution in [0.2, 0.25) is 10.0 Å². The maximum atomic E-state index is 13.1. The number of methoxy groups -OCH3 is 1. The highest BCUT2D eigenvalue weighted by Gasteiger charge is 2.25. The number of likely N-dealkylation sites (tertiary alicyclic amines) is 1. The van der Waals surface area contributed by atoms with Crippen LogP contribution in [0, 0.1) is 18.8 Å². The van der Waals surface area contributed by atoms with Crippen LogP contribution >= 0.6 is 35.6 Å². The molecule has 38 heavy (non-hydrogen) atoms. The molecule has 1 aromatic heterocycles. The fourth-order valence-electron chi connectivity index (χ4n) is 4.38. The van der Waals surface area contributed by atoms with Gasteiger partial charge in [-0.2, -0.15) is 5.10 Å². The zero-order valence-corrected chi connectivity index (χ0v) is 24.6. The van der Waals surface area contributed by atoms with E-state index in [0.29, 0.717) is 34.1 Å². The molecule has 0 unspecified atom stereocenters. The van der Waals surface area contributed by atoms with Crippen molar-refractivity contribution in [2.24, 2.45) is 0 Å². The van der Waals surface area contributed by atoms with Gasteiger partial charge in [-0.25, -0.2) is 4.68 Å². The van der Waals surface area contributed by atoms with Gasteiger partial charge in [-0.1, -0.05) is 47.2 Å². The third-order valence-electron chi connectivity index (χ3n) is 6.22. The molecule has 1 fully saturated rings. The standard InChI is InChI=1S/C29H32Cl2N4O2.ClH/c1-19-26(28(36)32-29(2,3)4)33-35(27(19)21-9-11-22(30)12-10-21)25-13-8-20(17-24(25)31)7-6-15-34-16-14-23(18-34)37-5;/h8-13,17,23H,14-16,18H2,1-5H3,(H,32,36);1H/t23-;/m1./s1. The van der Waals surface area contributed by atoms with Gasteiger partial charge in [0, 0.05) is 47.5 Å². The summed E-state index contributed by atoms with van der Waals surface area (Å²) in [5.74, 6) is 6.21. The minimum absolute atomic E-state index is 0. The topological polar surface area (TPSA) is 59.4 Å². The highest BCUT2D eigenvalue weighted by Crippen LogP contribution is 2.32. The average Bonchev–Trinajstić information content (AvgIpc) is 3.43. The molecule has 1 atom stereocenters. The highest BCUT2D eigenvalue weighted by atomic mass is 35.5. The minimum atomic E-state index is -0.398. The zero-order valence-electron chi connectivity index (χ0n) is 22.3. The number of nitrogens with zero attached hydrogens (tertiary/aromatic N) is 3. The lowest BCUT2D eigenvalue weighted by atomic mass is 10.0. The van der Waals surface area contributed by atoms with E-state index in [1.807, 2.05) is 70.2 Å². The molecule has 3 aromatic rings. The van der Waals surface area contributed by atoms with Gasteiger partial charge in [0.2, 0.25) is 0 Å². The first-order chi connectivity index (χ1) is 17.6. The molecule has 1 N–H and O–H groups in total. The maximum absolute atomic E-state index is 13.1. The summed E-state index contributed by atoms with van der Waals surface area (Å²) in [4.78, 5) is 15.4. The van der Waals surface area contributed by atoms with Gasteiger partial charge in [-0.15, -0.1) is 12.4 Å². The van der Waals surface area contributed by atoms with Gasteiger partial charge in [-0.3, -0.25) is 9.69 Å². The molecule has 0 saturated carbocycles. The van der Waals surface area contributed by atoms with Crippen LogP contribution in [0.5, 0.6) is 0 Å². The van der Waals surface area contributed by atoms with Crippen LogP contribution in [-0.2, 0) is 4.74 Å². The fraction of sp³-hybridized carbons (Fsp3) is 0.379. The quantitative estimate of drug-likeness (QED) is 0.369. The molecule has 202 valence electrons. The molecule has 1 aliphatic rings. The van der Waals surface area contributed by atoms with Gasteiger partial charge in [0.25, 0.3) is 5.91 Å². The Labute approximate surface area is 241 Å². The van der Waals surface area contributed by atoms with Gasteiger partial charge >= 0.3 is 0 Å². The number of ether oxygens (including phenoxy) is 1. The molecule has 4 rings (SSSR count). The molecule has 1 amide bonds. The molecular weight excluding hydrogens is 543 g/mol. The third kappa shape index (κ3) is 7.11. The van der Waals surface area contributed by atoms with E-state index in [1.54, 1.807) is 11.8 Å². The Morgan fingerprint density at radius 1 is 1.18 bits per heavy atom. The van der Waals surface area contributed by atoms with E-state index in [2.05, 4.69) is 22.1 Å². The number of hydrogen-bond acceptors (Lipinski definition) is 4. The molecule has 2 heterocycles. The molecule has 0 radical (unpaired) electrons. The molecule has 1 aliphatic heterocycles. The average molecular weight is 576 g/mol. The number of rotatable bonds is 5. The van der Waals surface area contributed by atoms with Crippen molar-refractivity contribution in [2.75, 3.05) is 26.7 Å². The number of carbonyl (C=O) groups excluding carboxylic acids is 1. The Kier molecular flexibility index (Phi) is 9.91. The first-order valence-corrected chi connectivity index (χ1v) is 13.0. The molecule has 6 nitrogen and oxygen atoms in total. The molecule has 0 aliphatic carbocycles. The van der Waals surface area contributed by atoms with Gasteiger partial charge < -0.3 is 10.1 Å². The van der Waals surface area contributed by atoms with Gasteiger partial charge in [0.15, 0.2) is 5.69 Å². The number of amides is 1. The number of halogens is 3. The van der Waals surface area contributed by atoms with Crippen molar-refractivity contribution in [2.45, 2.75) is 45.8 Å². The zero-order chi connectivity index (χ0) is 26.7. The van der Waals surface area contributed by atoms with Crippen molar-refractivity contribution in [3.8, 4) is 28.8 Å². The second kappa shape index (κ2) is 12.5. The van der Waals surface area contributed by atoms with E-state index in [0.717, 1.165) is 41.9 Å². The van der Waals surface area contributed by atoms with Crippen LogP contribution in [0.25, 0.3) is 16.9 Å². The van der Waals surface area contributed by atoms with E-state index in [-0.39, 0.29) is 18.3 Å². The van der Waals surface area contributed by atoms with Crippen molar-refractivity contribution in [3.63, 3.8) is 0 Å². The lowest BCUT2D eigenvalue weighted by Crippen LogP contribution is -2.41. The van der Waals surface area contributed by atoms with E-state index in [4.69, 9.17) is 33.0 Å². The smallest absolute Gasteiger partial charge is 0.272 e. The Morgan fingerprint density at radius 3 is 2.50 bits per heavy atom. The van der Waals surface area contributed by atoms with Crippen LogP contribution in [0.1, 0.15) is 48.8 Å². The Morgan fingerprint density at radius 2 is 1.89 bits per heavy atom. The Bertz CT molecular complexity index is 1350. The number of nitrogens with one attached hydrogen (secondary N) is 1. The number of hydrogen-bond donors (Lipinski definition) is 1. The van der Waals surface area contributed by atoms with Crippen LogP contribution in [0.15, 0.2) is 42.5 Å². The van der Waals surface area contributed by atoms with Crippen LogP contribution in [-0.4, -0.2) is 59.0 Å². The second-order valence-corrected chi connectivity index (χ2v) is 11.1. The molecule has 0 bridgehead atoms. The van der Waals surface area contributed by atoms with Crippen LogP contribution in [0.3, 0.4) is 0 Å². The Balaban J connectivity index is 0.00000400. The highest BCUT2D eigenvalue weighted by molar-refractivity contribution is 6.32. The summed E-state index contributed by atoms with van der Waals surface area (Å²) in [6.45, 7) is 10.3. The lowest BCUT2D eigenvalue weighted by molar-refractivity contribution is 0.0913. The molecule has 0 spiro atoms. The summed E-state index contributed by atoms with van der Waals surface area (Å²) < 4.78 is 7.15. The van der Waals surface area contributed by atoms with E-state index in [1.165, 1.54) is 0 Å². The first kappa shape index (κ1) is 30.0. The van der Waals surface area contributed by atoms with E-state index < -0.39 is 5.54 Å². The van der Waals surface area contributed by atoms with E-state index in [9.17, 15) is 4.79 Å². The number of aromatic nitrogens is 2. The number of carbonyl (C=O) groups is 1. The summed E-state index contributed by atoms with van der Waals surface area (Å²) in [7, 11) is 1.75.